The van der Waals surface area contributed by atoms with Crippen molar-refractivity contribution in [3.8, 4) is 11.5 Å². The third-order valence-corrected chi connectivity index (χ3v) is 3.67. The highest BCUT2D eigenvalue weighted by Crippen LogP contribution is 2.30. The predicted molar refractivity (Wildman–Crippen MR) is 96.0 cm³/mol. The topological polar surface area (TPSA) is 47.6 Å². The Morgan fingerprint density at radius 1 is 1.08 bits per heavy atom. The molecule has 1 amide bonds. The average molecular weight is 327 g/mol. The third-order valence-electron chi connectivity index (χ3n) is 3.67. The van der Waals surface area contributed by atoms with Crippen LogP contribution in [0.5, 0.6) is 11.5 Å². The highest BCUT2D eigenvalue weighted by Gasteiger charge is 2.18. The first-order valence-electron chi connectivity index (χ1n) is 8.06. The summed E-state index contributed by atoms with van der Waals surface area (Å²) in [4.78, 5) is 12.1. The van der Waals surface area contributed by atoms with E-state index >= 15 is 0 Å². The summed E-state index contributed by atoms with van der Waals surface area (Å²) < 4.78 is 11.0. The van der Waals surface area contributed by atoms with Crippen molar-refractivity contribution in [2.45, 2.75) is 26.2 Å². The molecule has 0 atom stereocenters. The molecule has 0 unspecified atom stereocenters. The van der Waals surface area contributed by atoms with Crippen LogP contribution in [-0.4, -0.2) is 26.2 Å². The Labute approximate surface area is 143 Å². The molecule has 0 fully saturated rings. The predicted octanol–water partition coefficient (Wildman–Crippen LogP) is 3.80. The van der Waals surface area contributed by atoms with Crippen LogP contribution < -0.4 is 14.8 Å². The normalized spacial score (nSPS) is 11.0. The molecule has 2 rings (SSSR count). The Hall–Kier alpha value is -2.49. The molecule has 4 nitrogen and oxygen atoms in total. The van der Waals surface area contributed by atoms with Gasteiger partial charge in [0.25, 0.3) is 5.91 Å². The monoisotopic (exact) mass is 327 g/mol. The molecule has 0 heterocycles. The number of rotatable bonds is 6. The maximum Gasteiger partial charge on any atom is 0.251 e. The summed E-state index contributed by atoms with van der Waals surface area (Å²) in [6.45, 7) is 7.32. The second-order valence-corrected chi connectivity index (χ2v) is 6.58. The maximum absolute atomic E-state index is 12.1. The Kier molecular flexibility index (Phi) is 5.85. The maximum atomic E-state index is 12.1. The summed E-state index contributed by atoms with van der Waals surface area (Å²) >= 11 is 0. The summed E-state index contributed by atoms with van der Waals surface area (Å²) in [6.07, 6.45) is 0. The van der Waals surface area contributed by atoms with Crippen molar-refractivity contribution >= 4 is 5.91 Å². The van der Waals surface area contributed by atoms with Gasteiger partial charge in [0, 0.05) is 5.56 Å². The van der Waals surface area contributed by atoms with Crippen LogP contribution in [0.15, 0.2) is 48.5 Å². The van der Waals surface area contributed by atoms with Crippen molar-refractivity contribution in [3.05, 3.63) is 59.7 Å². The van der Waals surface area contributed by atoms with Gasteiger partial charge in [0.2, 0.25) is 0 Å². The Balaban J connectivity index is 1.88. The smallest absolute Gasteiger partial charge is 0.251 e. The van der Waals surface area contributed by atoms with Crippen molar-refractivity contribution in [2.75, 3.05) is 20.3 Å². The molecule has 4 heteroatoms. The van der Waals surface area contributed by atoms with E-state index in [4.69, 9.17) is 9.47 Å². The van der Waals surface area contributed by atoms with Crippen LogP contribution in [0, 0.1) is 0 Å². The summed E-state index contributed by atoms with van der Waals surface area (Å²) in [7, 11) is 1.58. The molecule has 0 aliphatic carbocycles. The molecule has 128 valence electrons. The van der Waals surface area contributed by atoms with E-state index in [1.807, 2.05) is 24.3 Å². The van der Waals surface area contributed by atoms with Gasteiger partial charge in [-0.05, 0) is 35.2 Å². The zero-order valence-corrected chi connectivity index (χ0v) is 14.8. The largest absolute Gasteiger partial charge is 0.497 e. The van der Waals surface area contributed by atoms with Crippen LogP contribution in [-0.2, 0) is 5.41 Å². The van der Waals surface area contributed by atoms with E-state index in [0.717, 1.165) is 11.3 Å². The van der Waals surface area contributed by atoms with Gasteiger partial charge in [0.1, 0.15) is 18.1 Å². The van der Waals surface area contributed by atoms with Crippen LogP contribution in [0.25, 0.3) is 0 Å². The number of amides is 1. The number of para-hydroxylation sites is 1. The number of carbonyl (C=O) groups is 1. The molecule has 0 radical (unpaired) electrons. The molecule has 0 aliphatic heterocycles. The molecule has 24 heavy (non-hydrogen) atoms. The zero-order chi connectivity index (χ0) is 17.6. The lowest BCUT2D eigenvalue weighted by Gasteiger charge is -2.22. The third kappa shape index (κ3) is 4.75. The molecule has 2 aromatic rings. The number of hydrogen-bond donors (Lipinski definition) is 1. The summed E-state index contributed by atoms with van der Waals surface area (Å²) in [5, 5.41) is 2.86. The lowest BCUT2D eigenvalue weighted by Crippen LogP contribution is -2.28. The second-order valence-electron chi connectivity index (χ2n) is 6.58. The van der Waals surface area contributed by atoms with E-state index in [0.29, 0.717) is 24.5 Å². The molecule has 0 aromatic heterocycles. The highest BCUT2D eigenvalue weighted by molar-refractivity contribution is 5.94. The van der Waals surface area contributed by atoms with Crippen molar-refractivity contribution in [1.82, 2.24) is 5.32 Å². The van der Waals surface area contributed by atoms with Gasteiger partial charge >= 0.3 is 0 Å². The molecular formula is C20H25NO3. The average Bonchev–Trinajstić information content (AvgIpc) is 2.58. The van der Waals surface area contributed by atoms with Gasteiger partial charge in [0.15, 0.2) is 0 Å². The number of nitrogens with one attached hydrogen (secondary N) is 1. The minimum Gasteiger partial charge on any atom is -0.497 e. The molecule has 2 aromatic carbocycles. The summed E-state index contributed by atoms with van der Waals surface area (Å²) in [5.74, 6) is 1.39. The molecule has 0 saturated carbocycles. The summed E-state index contributed by atoms with van der Waals surface area (Å²) in [5.41, 5.74) is 1.74. The van der Waals surface area contributed by atoms with E-state index in [-0.39, 0.29) is 11.3 Å². The fourth-order valence-corrected chi connectivity index (χ4v) is 2.40. The van der Waals surface area contributed by atoms with Gasteiger partial charge in [-0.15, -0.1) is 0 Å². The number of benzene rings is 2. The van der Waals surface area contributed by atoms with Crippen LogP contribution in [0.2, 0.25) is 0 Å². The van der Waals surface area contributed by atoms with Gasteiger partial charge in [-0.2, -0.15) is 0 Å². The van der Waals surface area contributed by atoms with Crippen molar-refractivity contribution < 1.29 is 14.3 Å². The van der Waals surface area contributed by atoms with Gasteiger partial charge in [-0.1, -0.05) is 45.0 Å². The van der Waals surface area contributed by atoms with Crippen molar-refractivity contribution in [1.29, 1.82) is 0 Å². The van der Waals surface area contributed by atoms with E-state index in [1.165, 1.54) is 0 Å². The van der Waals surface area contributed by atoms with Gasteiger partial charge in [-0.25, -0.2) is 0 Å². The second kappa shape index (κ2) is 7.86. The van der Waals surface area contributed by atoms with Gasteiger partial charge in [-0.3, -0.25) is 4.79 Å². The first-order chi connectivity index (χ1) is 11.4. The van der Waals surface area contributed by atoms with Crippen LogP contribution in [0.3, 0.4) is 0 Å². The lowest BCUT2D eigenvalue weighted by atomic mass is 9.86. The Morgan fingerprint density at radius 2 is 1.83 bits per heavy atom. The zero-order valence-electron chi connectivity index (χ0n) is 14.8. The van der Waals surface area contributed by atoms with Gasteiger partial charge in [0.05, 0.1) is 13.7 Å². The van der Waals surface area contributed by atoms with E-state index < -0.39 is 0 Å². The molecule has 0 spiro atoms. The molecule has 0 bridgehead atoms. The fraction of sp³-hybridized carbons (Fsp3) is 0.350. The Morgan fingerprint density at radius 3 is 2.54 bits per heavy atom. The van der Waals surface area contributed by atoms with Crippen LogP contribution in [0.4, 0.5) is 0 Å². The Bertz CT molecular complexity index is 689. The number of ether oxygens (including phenoxy) is 2. The van der Waals surface area contributed by atoms with Crippen molar-refractivity contribution in [2.24, 2.45) is 0 Å². The fourth-order valence-electron chi connectivity index (χ4n) is 2.40. The first kappa shape index (κ1) is 17.9. The standard InChI is InChI=1S/C20H25NO3/c1-20(2,3)17-10-5-6-11-18(17)24-13-12-21-19(22)15-8-7-9-16(14-15)23-4/h5-11,14H,12-13H2,1-4H3,(H,21,22). The van der Waals surface area contributed by atoms with Crippen LogP contribution in [0.1, 0.15) is 36.7 Å². The molecule has 0 aliphatic rings. The van der Waals surface area contributed by atoms with E-state index in [1.54, 1.807) is 25.3 Å². The van der Waals surface area contributed by atoms with Crippen molar-refractivity contribution in [3.63, 3.8) is 0 Å². The minimum atomic E-state index is -0.137. The highest BCUT2D eigenvalue weighted by atomic mass is 16.5. The molecule has 1 N–H and O–H groups in total. The number of hydrogen-bond acceptors (Lipinski definition) is 3. The van der Waals surface area contributed by atoms with Crippen LogP contribution >= 0.6 is 0 Å². The lowest BCUT2D eigenvalue weighted by molar-refractivity contribution is 0.0946. The SMILES string of the molecule is COc1cccc(C(=O)NCCOc2ccccc2C(C)(C)C)c1. The quantitative estimate of drug-likeness (QED) is 0.821. The molecular weight excluding hydrogens is 302 g/mol. The summed E-state index contributed by atoms with van der Waals surface area (Å²) in [6, 6.07) is 15.1. The van der Waals surface area contributed by atoms with Gasteiger partial charge < -0.3 is 14.8 Å². The molecule has 0 saturated heterocycles. The van der Waals surface area contributed by atoms with E-state index in [2.05, 4.69) is 32.2 Å². The first-order valence-corrected chi connectivity index (χ1v) is 8.06. The van der Waals surface area contributed by atoms with E-state index in [9.17, 15) is 4.79 Å². The minimum absolute atomic E-state index is 0.0143. The number of methoxy groups -OCH3 is 1. The number of carbonyl (C=O) groups excluding carboxylic acids is 1.